The largest absolute Gasteiger partial charge is 0.320 e. The molecule has 2 N–H and O–H groups in total. The van der Waals surface area contributed by atoms with Crippen LogP contribution in [0.15, 0.2) is 47.4 Å². The third-order valence-electron chi connectivity index (χ3n) is 3.09. The molecule has 0 fully saturated rings. The molecule has 1 unspecified atom stereocenters. The Morgan fingerprint density at radius 1 is 1.05 bits per heavy atom. The van der Waals surface area contributed by atoms with E-state index >= 15 is 0 Å². The maximum Gasteiger partial charge on any atom is 0.175 e. The number of halogens is 1. The van der Waals surface area contributed by atoms with Gasteiger partial charge in [0.15, 0.2) is 9.84 Å². The van der Waals surface area contributed by atoms with Gasteiger partial charge in [-0.3, -0.25) is 0 Å². The van der Waals surface area contributed by atoms with E-state index in [1.54, 1.807) is 19.1 Å². The van der Waals surface area contributed by atoms with E-state index in [0.717, 1.165) is 17.4 Å². The van der Waals surface area contributed by atoms with Crippen LogP contribution < -0.4 is 5.73 Å². The number of benzene rings is 2. The lowest BCUT2D eigenvalue weighted by Gasteiger charge is -2.14. The quantitative estimate of drug-likeness (QED) is 0.946. The minimum absolute atomic E-state index is 0.240. The van der Waals surface area contributed by atoms with Crippen molar-refractivity contribution >= 4 is 9.84 Å². The number of rotatable bonds is 3. The van der Waals surface area contributed by atoms with Crippen molar-refractivity contribution in [3.63, 3.8) is 0 Å². The second kappa shape index (κ2) is 5.34. The highest BCUT2D eigenvalue weighted by atomic mass is 32.2. The van der Waals surface area contributed by atoms with Crippen molar-refractivity contribution in [1.82, 2.24) is 0 Å². The number of aryl methyl sites for hydroxylation is 1. The minimum Gasteiger partial charge on any atom is -0.320 e. The molecule has 0 spiro atoms. The smallest absolute Gasteiger partial charge is 0.175 e. The highest BCUT2D eigenvalue weighted by molar-refractivity contribution is 7.90. The summed E-state index contributed by atoms with van der Waals surface area (Å²) >= 11 is 0. The molecule has 2 aromatic rings. The molecule has 3 nitrogen and oxygen atoms in total. The van der Waals surface area contributed by atoms with Gasteiger partial charge in [0.05, 0.1) is 10.9 Å². The molecular formula is C15H16FNO2S. The first-order valence-electron chi connectivity index (χ1n) is 6.10. The summed E-state index contributed by atoms with van der Waals surface area (Å²) in [5.74, 6) is -0.330. The van der Waals surface area contributed by atoms with Crippen LogP contribution in [0.1, 0.15) is 22.7 Å². The van der Waals surface area contributed by atoms with Gasteiger partial charge in [0.25, 0.3) is 0 Å². The molecule has 106 valence electrons. The third kappa shape index (κ3) is 3.23. The van der Waals surface area contributed by atoms with Gasteiger partial charge in [0.1, 0.15) is 5.82 Å². The maximum absolute atomic E-state index is 13.4. The van der Waals surface area contributed by atoms with E-state index in [-0.39, 0.29) is 10.7 Å². The van der Waals surface area contributed by atoms with E-state index < -0.39 is 15.9 Å². The van der Waals surface area contributed by atoms with Crippen LogP contribution in [0, 0.1) is 12.7 Å². The van der Waals surface area contributed by atoms with Crippen molar-refractivity contribution in [3.05, 3.63) is 65.0 Å². The van der Waals surface area contributed by atoms with Crippen LogP contribution in [0.25, 0.3) is 0 Å². The zero-order valence-electron chi connectivity index (χ0n) is 11.3. The third-order valence-corrected chi connectivity index (χ3v) is 4.22. The zero-order valence-corrected chi connectivity index (χ0v) is 12.1. The SMILES string of the molecule is Cc1cc(F)cc(C(N)c2ccc(S(C)(=O)=O)cc2)c1. The highest BCUT2D eigenvalue weighted by Gasteiger charge is 2.12. The van der Waals surface area contributed by atoms with E-state index in [1.165, 1.54) is 24.3 Å². The number of hydrogen-bond acceptors (Lipinski definition) is 3. The van der Waals surface area contributed by atoms with E-state index in [4.69, 9.17) is 5.73 Å². The lowest BCUT2D eigenvalue weighted by molar-refractivity contribution is 0.602. The first kappa shape index (κ1) is 14.7. The van der Waals surface area contributed by atoms with Crippen LogP contribution in [0.4, 0.5) is 4.39 Å². The van der Waals surface area contributed by atoms with Gasteiger partial charge in [-0.05, 0) is 47.9 Å². The molecule has 2 aromatic carbocycles. The summed E-state index contributed by atoms with van der Waals surface area (Å²) in [5.41, 5.74) is 8.29. The van der Waals surface area contributed by atoms with E-state index in [9.17, 15) is 12.8 Å². The Hall–Kier alpha value is -1.72. The average molecular weight is 293 g/mol. The van der Waals surface area contributed by atoms with E-state index in [1.807, 2.05) is 6.07 Å². The van der Waals surface area contributed by atoms with Crippen molar-refractivity contribution in [3.8, 4) is 0 Å². The van der Waals surface area contributed by atoms with Gasteiger partial charge >= 0.3 is 0 Å². The summed E-state index contributed by atoms with van der Waals surface area (Å²) in [7, 11) is -3.22. The number of hydrogen-bond donors (Lipinski definition) is 1. The summed E-state index contributed by atoms with van der Waals surface area (Å²) in [6.07, 6.45) is 1.15. The Labute approximate surface area is 118 Å². The second-order valence-electron chi connectivity index (χ2n) is 4.88. The lowest BCUT2D eigenvalue weighted by Crippen LogP contribution is -2.12. The molecule has 0 saturated heterocycles. The Morgan fingerprint density at radius 3 is 2.15 bits per heavy atom. The summed E-state index contributed by atoms with van der Waals surface area (Å²) in [6, 6.07) is 10.5. The van der Waals surface area contributed by atoms with Gasteiger partial charge in [-0.2, -0.15) is 0 Å². The molecule has 0 heterocycles. The van der Waals surface area contributed by atoms with Crippen molar-refractivity contribution in [2.75, 3.05) is 6.26 Å². The molecule has 0 aliphatic rings. The molecule has 0 aromatic heterocycles. The minimum atomic E-state index is -3.22. The topological polar surface area (TPSA) is 60.2 Å². The molecular weight excluding hydrogens is 277 g/mol. The molecule has 0 bridgehead atoms. The average Bonchev–Trinajstić information content (AvgIpc) is 2.36. The Balaban J connectivity index is 2.36. The van der Waals surface area contributed by atoms with Crippen molar-refractivity contribution in [2.24, 2.45) is 5.73 Å². The van der Waals surface area contributed by atoms with Gasteiger partial charge in [-0.15, -0.1) is 0 Å². The Kier molecular flexibility index (Phi) is 3.92. The fourth-order valence-corrected chi connectivity index (χ4v) is 2.69. The van der Waals surface area contributed by atoms with E-state index in [0.29, 0.717) is 5.56 Å². The fourth-order valence-electron chi connectivity index (χ4n) is 2.06. The lowest BCUT2D eigenvalue weighted by atomic mass is 9.98. The van der Waals surface area contributed by atoms with Gasteiger partial charge in [-0.1, -0.05) is 18.2 Å². The van der Waals surface area contributed by atoms with Crippen LogP contribution in [-0.4, -0.2) is 14.7 Å². The Morgan fingerprint density at radius 2 is 1.65 bits per heavy atom. The van der Waals surface area contributed by atoms with Crippen LogP contribution in [0.3, 0.4) is 0 Å². The fraction of sp³-hybridized carbons (Fsp3) is 0.200. The summed E-state index contributed by atoms with van der Waals surface area (Å²) in [5, 5.41) is 0. The predicted octanol–water partition coefficient (Wildman–Crippen LogP) is 2.59. The first-order valence-corrected chi connectivity index (χ1v) is 7.99. The number of sulfone groups is 1. The molecule has 1 atom stereocenters. The molecule has 0 saturated carbocycles. The van der Waals surface area contributed by atoms with Gasteiger partial charge in [0, 0.05) is 6.26 Å². The van der Waals surface area contributed by atoms with Crippen LogP contribution in [0.2, 0.25) is 0 Å². The molecule has 0 radical (unpaired) electrons. The van der Waals surface area contributed by atoms with Crippen LogP contribution in [0.5, 0.6) is 0 Å². The zero-order chi connectivity index (χ0) is 14.9. The Bertz CT molecular complexity index is 704. The molecule has 2 rings (SSSR count). The summed E-state index contributed by atoms with van der Waals surface area (Å²) in [6.45, 7) is 1.80. The monoisotopic (exact) mass is 293 g/mol. The van der Waals surface area contributed by atoms with Crippen molar-refractivity contribution in [1.29, 1.82) is 0 Å². The van der Waals surface area contributed by atoms with Gasteiger partial charge < -0.3 is 5.73 Å². The van der Waals surface area contributed by atoms with E-state index in [2.05, 4.69) is 0 Å². The molecule has 0 amide bonds. The highest BCUT2D eigenvalue weighted by Crippen LogP contribution is 2.23. The summed E-state index contributed by atoms with van der Waals surface area (Å²) < 4.78 is 36.2. The molecule has 5 heteroatoms. The summed E-state index contributed by atoms with van der Waals surface area (Å²) in [4.78, 5) is 0.240. The van der Waals surface area contributed by atoms with Crippen molar-refractivity contribution in [2.45, 2.75) is 17.9 Å². The second-order valence-corrected chi connectivity index (χ2v) is 6.90. The normalized spacial score (nSPS) is 13.2. The van der Waals surface area contributed by atoms with Gasteiger partial charge in [0.2, 0.25) is 0 Å². The number of nitrogens with two attached hydrogens (primary N) is 1. The molecule has 0 aliphatic carbocycles. The van der Waals surface area contributed by atoms with Crippen LogP contribution in [-0.2, 0) is 9.84 Å². The maximum atomic E-state index is 13.4. The standard InChI is InChI=1S/C15H16FNO2S/c1-10-7-12(9-13(16)8-10)15(17)11-3-5-14(6-4-11)20(2,18)19/h3-9,15H,17H2,1-2H3. The van der Waals surface area contributed by atoms with Gasteiger partial charge in [-0.25, -0.2) is 12.8 Å². The first-order chi connectivity index (χ1) is 9.27. The predicted molar refractivity (Wildman–Crippen MR) is 76.7 cm³/mol. The van der Waals surface area contributed by atoms with Crippen LogP contribution >= 0.6 is 0 Å². The molecule has 20 heavy (non-hydrogen) atoms. The molecule has 0 aliphatic heterocycles. The van der Waals surface area contributed by atoms with Crippen molar-refractivity contribution < 1.29 is 12.8 Å².